The lowest BCUT2D eigenvalue weighted by Crippen LogP contribution is -2.24. The van der Waals surface area contributed by atoms with Crippen LogP contribution < -0.4 is 4.73 Å². The number of rotatable bonds is 5. The Hall–Kier alpha value is -2.62. The molecule has 0 amide bonds. The summed E-state index contributed by atoms with van der Waals surface area (Å²) >= 11 is 0. The number of hydrogen-bond acceptors (Lipinski definition) is 4. The molecule has 2 aromatic heterocycles. The normalized spacial score (nSPS) is 13.1. The lowest BCUT2D eigenvalue weighted by Gasteiger charge is -2.20. The Morgan fingerprint density at radius 3 is 2.27 bits per heavy atom. The molecule has 3 rings (SSSR count). The number of sulfone groups is 1. The summed E-state index contributed by atoms with van der Waals surface area (Å²) in [5.41, 5.74) is 0.520. The van der Waals surface area contributed by atoms with Gasteiger partial charge in [-0.3, -0.25) is 0 Å². The van der Waals surface area contributed by atoms with Crippen molar-refractivity contribution in [3.63, 3.8) is 0 Å². The molecular formula is C20H22F3N3O3S. The number of imidazole rings is 1. The zero-order valence-electron chi connectivity index (χ0n) is 16.8. The van der Waals surface area contributed by atoms with Crippen LogP contribution in [-0.4, -0.2) is 24.1 Å². The van der Waals surface area contributed by atoms with Gasteiger partial charge in [0.05, 0.1) is 20.8 Å². The van der Waals surface area contributed by atoms with Gasteiger partial charge in [0.15, 0.2) is 12.4 Å². The van der Waals surface area contributed by atoms with E-state index < -0.39 is 27.8 Å². The van der Waals surface area contributed by atoms with E-state index in [0.717, 1.165) is 12.4 Å². The van der Waals surface area contributed by atoms with Gasteiger partial charge in [-0.15, -0.1) is 0 Å². The van der Waals surface area contributed by atoms with Crippen LogP contribution in [-0.2, 0) is 21.8 Å². The number of nitrogens with zero attached hydrogens (tertiary/aromatic N) is 3. The molecule has 0 saturated heterocycles. The van der Waals surface area contributed by atoms with Crippen LogP contribution in [0, 0.1) is 5.21 Å². The fourth-order valence-electron chi connectivity index (χ4n) is 3.23. The first kappa shape index (κ1) is 22.1. The summed E-state index contributed by atoms with van der Waals surface area (Å²) in [4.78, 5) is 4.51. The van der Waals surface area contributed by atoms with Gasteiger partial charge >= 0.3 is 6.18 Å². The quantitative estimate of drug-likeness (QED) is 0.440. The Balaban J connectivity index is 2.05. The second kappa shape index (κ2) is 7.57. The standard InChI is InChI=1S/C20H22F3N3O3S/c1-19(2,3)18-24-16-13-15(30(28,29)14-7-11-25(27)12-8-14)5-6-17(16)26(18)10-4-9-20(21,22)23/h5-8,11-13H,4,9-10H2,1-3H3. The molecule has 0 atom stereocenters. The van der Waals surface area contributed by atoms with Crippen molar-refractivity contribution in [2.75, 3.05) is 0 Å². The van der Waals surface area contributed by atoms with Gasteiger partial charge in [-0.1, -0.05) is 20.8 Å². The highest BCUT2D eigenvalue weighted by atomic mass is 32.2. The molecular weight excluding hydrogens is 419 g/mol. The molecule has 6 nitrogen and oxygen atoms in total. The summed E-state index contributed by atoms with van der Waals surface area (Å²) in [5, 5.41) is 11.2. The van der Waals surface area contributed by atoms with Crippen molar-refractivity contribution in [3.8, 4) is 0 Å². The fourth-order valence-corrected chi connectivity index (χ4v) is 4.49. The van der Waals surface area contributed by atoms with E-state index in [-0.39, 0.29) is 22.8 Å². The van der Waals surface area contributed by atoms with E-state index in [4.69, 9.17) is 0 Å². The SMILES string of the molecule is CC(C)(C)c1nc2cc(S(=O)(=O)c3cc[n+]([O-])cc3)ccc2n1CCCC(F)(F)F. The molecule has 0 unspecified atom stereocenters. The lowest BCUT2D eigenvalue weighted by atomic mass is 9.95. The van der Waals surface area contributed by atoms with E-state index in [1.165, 1.54) is 24.3 Å². The summed E-state index contributed by atoms with van der Waals surface area (Å²) in [5.74, 6) is 0.585. The Labute approximate surface area is 172 Å². The minimum absolute atomic E-state index is 0.000880. The minimum Gasteiger partial charge on any atom is -0.619 e. The second-order valence-corrected chi connectivity index (χ2v) is 10.1. The van der Waals surface area contributed by atoms with Crippen molar-refractivity contribution >= 4 is 20.9 Å². The molecule has 0 aliphatic rings. The fraction of sp³-hybridized carbons (Fsp3) is 0.400. The average molecular weight is 441 g/mol. The third-order valence-corrected chi connectivity index (χ3v) is 6.39. The molecule has 1 aromatic carbocycles. The van der Waals surface area contributed by atoms with Crippen LogP contribution >= 0.6 is 0 Å². The van der Waals surface area contributed by atoms with E-state index in [9.17, 15) is 26.8 Å². The van der Waals surface area contributed by atoms with E-state index in [2.05, 4.69) is 4.98 Å². The number of benzene rings is 1. The number of fused-ring (bicyclic) bond motifs is 1. The second-order valence-electron chi connectivity index (χ2n) is 8.10. The largest absolute Gasteiger partial charge is 0.619 e. The summed E-state index contributed by atoms with van der Waals surface area (Å²) in [6.45, 7) is 5.81. The van der Waals surface area contributed by atoms with Crippen LogP contribution in [0.1, 0.15) is 39.4 Å². The van der Waals surface area contributed by atoms with Gasteiger partial charge in [0.1, 0.15) is 5.82 Å². The highest BCUT2D eigenvalue weighted by Gasteiger charge is 2.28. The van der Waals surface area contributed by atoms with Crippen molar-refractivity contribution in [1.82, 2.24) is 9.55 Å². The van der Waals surface area contributed by atoms with Crippen LogP contribution in [0.25, 0.3) is 11.0 Å². The third kappa shape index (κ3) is 4.58. The molecule has 0 saturated carbocycles. The summed E-state index contributed by atoms with van der Waals surface area (Å²) in [6, 6.07) is 6.81. The predicted molar refractivity (Wildman–Crippen MR) is 105 cm³/mol. The maximum atomic E-state index is 12.9. The molecule has 10 heteroatoms. The van der Waals surface area contributed by atoms with Crippen molar-refractivity contribution < 1.29 is 26.3 Å². The van der Waals surface area contributed by atoms with Crippen molar-refractivity contribution in [1.29, 1.82) is 0 Å². The van der Waals surface area contributed by atoms with E-state index in [1.807, 2.05) is 20.8 Å². The molecule has 30 heavy (non-hydrogen) atoms. The smallest absolute Gasteiger partial charge is 0.389 e. The van der Waals surface area contributed by atoms with Crippen LogP contribution in [0.15, 0.2) is 52.5 Å². The average Bonchev–Trinajstić information content (AvgIpc) is 2.99. The summed E-state index contributed by atoms with van der Waals surface area (Å²) in [6.07, 6.45) is -3.05. The van der Waals surface area contributed by atoms with Crippen LogP contribution in [0.5, 0.6) is 0 Å². The molecule has 0 aliphatic heterocycles. The molecule has 2 heterocycles. The monoisotopic (exact) mass is 441 g/mol. The van der Waals surface area contributed by atoms with Crippen molar-refractivity contribution in [3.05, 3.63) is 53.8 Å². The summed E-state index contributed by atoms with van der Waals surface area (Å²) in [7, 11) is -3.87. The zero-order valence-corrected chi connectivity index (χ0v) is 17.6. The number of hydrogen-bond donors (Lipinski definition) is 0. The van der Waals surface area contributed by atoms with Crippen molar-refractivity contribution in [2.24, 2.45) is 0 Å². The molecule has 0 bridgehead atoms. The zero-order chi connectivity index (χ0) is 22.3. The van der Waals surface area contributed by atoms with Gasteiger partial charge in [0.2, 0.25) is 9.84 Å². The van der Waals surface area contributed by atoms with Gasteiger partial charge < -0.3 is 9.77 Å². The highest BCUT2D eigenvalue weighted by Crippen LogP contribution is 2.30. The Morgan fingerprint density at radius 2 is 1.70 bits per heavy atom. The van der Waals surface area contributed by atoms with E-state index in [0.29, 0.717) is 21.6 Å². The first-order valence-corrected chi connectivity index (χ1v) is 10.8. The van der Waals surface area contributed by atoms with Gasteiger partial charge in [0.25, 0.3) is 0 Å². The van der Waals surface area contributed by atoms with Gasteiger partial charge in [-0.2, -0.15) is 17.9 Å². The van der Waals surface area contributed by atoms with Gasteiger partial charge in [-0.05, 0) is 24.6 Å². The topological polar surface area (TPSA) is 78.9 Å². The molecule has 3 aromatic rings. The van der Waals surface area contributed by atoms with Crippen LogP contribution in [0.2, 0.25) is 0 Å². The highest BCUT2D eigenvalue weighted by molar-refractivity contribution is 7.91. The van der Waals surface area contributed by atoms with Gasteiger partial charge in [-0.25, -0.2) is 13.4 Å². The lowest BCUT2D eigenvalue weighted by molar-refractivity contribution is -0.605. The molecule has 0 N–H and O–H groups in total. The first-order chi connectivity index (χ1) is 13.8. The first-order valence-electron chi connectivity index (χ1n) is 9.30. The maximum absolute atomic E-state index is 12.9. The van der Waals surface area contributed by atoms with Crippen LogP contribution in [0.4, 0.5) is 13.2 Å². The maximum Gasteiger partial charge on any atom is 0.389 e. The number of aryl methyl sites for hydroxylation is 1. The number of aromatic nitrogens is 3. The van der Waals surface area contributed by atoms with Crippen LogP contribution in [0.3, 0.4) is 0 Å². The van der Waals surface area contributed by atoms with E-state index >= 15 is 0 Å². The predicted octanol–water partition coefficient (Wildman–Crippen LogP) is 4.14. The Morgan fingerprint density at radius 1 is 1.07 bits per heavy atom. The number of pyridine rings is 1. The Bertz CT molecular complexity index is 1160. The molecule has 0 aliphatic carbocycles. The molecule has 0 fully saturated rings. The number of halogens is 3. The molecule has 0 spiro atoms. The third-order valence-electron chi connectivity index (χ3n) is 4.62. The molecule has 0 radical (unpaired) electrons. The summed E-state index contributed by atoms with van der Waals surface area (Å²) < 4.78 is 65.8. The van der Waals surface area contributed by atoms with Gasteiger partial charge in [0, 0.05) is 30.5 Å². The van der Waals surface area contributed by atoms with E-state index in [1.54, 1.807) is 10.6 Å². The molecule has 162 valence electrons. The van der Waals surface area contributed by atoms with Crippen molar-refractivity contribution in [2.45, 2.75) is 61.5 Å². The number of alkyl halides is 3. The minimum atomic E-state index is -4.24. The Kier molecular flexibility index (Phi) is 5.57.